The summed E-state index contributed by atoms with van der Waals surface area (Å²) in [5, 5.41) is 0. The number of imidazole rings is 1. The molecule has 3 rings (SSSR count). The minimum atomic E-state index is -0.408. The van der Waals surface area contributed by atoms with Gasteiger partial charge in [-0.1, -0.05) is 0 Å². The van der Waals surface area contributed by atoms with E-state index in [4.69, 9.17) is 5.73 Å². The Morgan fingerprint density at radius 1 is 1.21 bits per heavy atom. The number of aromatic nitrogens is 4. The number of nitrogen functional groups attached to an aromatic ring is 1. The fraction of sp³-hybridized carbons (Fsp3) is 0.0833. The molecule has 0 unspecified atom stereocenters. The van der Waals surface area contributed by atoms with Gasteiger partial charge in [0.2, 0.25) is 5.95 Å². The first kappa shape index (κ1) is 11.4. The Labute approximate surface area is 106 Å². The van der Waals surface area contributed by atoms with Gasteiger partial charge in [-0.05, 0) is 30.7 Å². The van der Waals surface area contributed by atoms with Crippen LogP contribution < -0.4 is 11.3 Å². The van der Waals surface area contributed by atoms with Crippen LogP contribution in [0.15, 0.2) is 23.0 Å². The van der Waals surface area contributed by atoms with Crippen molar-refractivity contribution in [1.82, 2.24) is 19.9 Å². The zero-order valence-corrected chi connectivity index (χ0v) is 9.99. The van der Waals surface area contributed by atoms with Crippen LogP contribution >= 0.6 is 0 Å². The fourth-order valence-electron chi connectivity index (χ4n) is 1.93. The molecular weight excluding hydrogens is 249 g/mol. The molecule has 19 heavy (non-hydrogen) atoms. The summed E-state index contributed by atoms with van der Waals surface area (Å²) in [6.45, 7) is 1.78. The molecule has 0 radical (unpaired) electrons. The number of hydrogen-bond donors (Lipinski definition) is 3. The van der Waals surface area contributed by atoms with E-state index in [0.717, 1.165) is 5.56 Å². The van der Waals surface area contributed by atoms with Crippen molar-refractivity contribution < 1.29 is 4.39 Å². The van der Waals surface area contributed by atoms with E-state index < -0.39 is 5.56 Å². The lowest BCUT2D eigenvalue weighted by Gasteiger charge is -1.99. The predicted octanol–water partition coefficient (Wildman–Crippen LogP) is 1.34. The van der Waals surface area contributed by atoms with E-state index in [1.54, 1.807) is 13.0 Å². The van der Waals surface area contributed by atoms with Crippen molar-refractivity contribution in [3.05, 3.63) is 39.9 Å². The van der Waals surface area contributed by atoms with E-state index in [1.165, 1.54) is 12.1 Å². The Kier molecular flexibility index (Phi) is 2.34. The van der Waals surface area contributed by atoms with Crippen LogP contribution in [0.2, 0.25) is 0 Å². The normalized spacial score (nSPS) is 11.1. The second-order valence-electron chi connectivity index (χ2n) is 4.25. The third-order valence-electron chi connectivity index (χ3n) is 2.70. The van der Waals surface area contributed by atoms with Gasteiger partial charge < -0.3 is 10.7 Å². The number of nitrogens with one attached hydrogen (secondary N) is 2. The molecule has 0 atom stereocenters. The van der Waals surface area contributed by atoms with Crippen LogP contribution in [0, 0.1) is 12.7 Å². The fourth-order valence-corrected chi connectivity index (χ4v) is 1.93. The smallest absolute Gasteiger partial charge is 0.278 e. The van der Waals surface area contributed by atoms with Gasteiger partial charge in [0.1, 0.15) is 11.6 Å². The van der Waals surface area contributed by atoms with Gasteiger partial charge in [0.05, 0.1) is 0 Å². The number of halogens is 1. The molecule has 0 fully saturated rings. The number of benzene rings is 1. The molecule has 0 spiro atoms. The molecule has 3 aromatic rings. The minimum absolute atomic E-state index is 0.00836. The van der Waals surface area contributed by atoms with Gasteiger partial charge >= 0.3 is 0 Å². The number of hydrogen-bond acceptors (Lipinski definition) is 4. The van der Waals surface area contributed by atoms with Gasteiger partial charge in [-0.2, -0.15) is 4.98 Å². The molecule has 0 aliphatic carbocycles. The highest BCUT2D eigenvalue weighted by molar-refractivity contribution is 5.75. The number of aryl methyl sites for hydroxylation is 1. The average molecular weight is 259 g/mol. The molecule has 0 saturated carbocycles. The Hall–Kier alpha value is -2.70. The molecule has 0 aliphatic rings. The molecule has 1 aromatic carbocycles. The number of fused-ring (bicyclic) bond motifs is 1. The summed E-state index contributed by atoms with van der Waals surface area (Å²) < 4.78 is 13.4. The monoisotopic (exact) mass is 259 g/mol. The Morgan fingerprint density at radius 3 is 2.74 bits per heavy atom. The summed E-state index contributed by atoms with van der Waals surface area (Å²) in [7, 11) is 0. The summed E-state index contributed by atoms with van der Waals surface area (Å²) in [5.74, 6) is 0.00371. The minimum Gasteiger partial charge on any atom is -0.369 e. The maximum absolute atomic E-state index is 13.4. The van der Waals surface area contributed by atoms with Crippen LogP contribution in [0.4, 0.5) is 10.3 Å². The first-order valence-corrected chi connectivity index (χ1v) is 5.56. The lowest BCUT2D eigenvalue weighted by molar-refractivity contribution is 0.627. The molecule has 2 heterocycles. The summed E-state index contributed by atoms with van der Waals surface area (Å²) in [5.41, 5.74) is 6.76. The van der Waals surface area contributed by atoms with Crippen LogP contribution in [0.25, 0.3) is 22.6 Å². The maximum Gasteiger partial charge on any atom is 0.278 e. The largest absolute Gasteiger partial charge is 0.369 e. The van der Waals surface area contributed by atoms with Crippen molar-refractivity contribution in [1.29, 1.82) is 0 Å². The number of aromatic amines is 2. The molecule has 0 aliphatic heterocycles. The quantitative estimate of drug-likeness (QED) is 0.614. The van der Waals surface area contributed by atoms with Gasteiger partial charge in [0.25, 0.3) is 5.56 Å². The van der Waals surface area contributed by atoms with E-state index in [9.17, 15) is 9.18 Å². The van der Waals surface area contributed by atoms with Crippen LogP contribution in [-0.2, 0) is 0 Å². The second kappa shape index (κ2) is 3.91. The Bertz CT molecular complexity index is 815. The molecule has 6 nitrogen and oxygen atoms in total. The van der Waals surface area contributed by atoms with Gasteiger partial charge in [0.15, 0.2) is 11.2 Å². The number of nitrogens with two attached hydrogens (primary N) is 1. The zero-order chi connectivity index (χ0) is 13.6. The van der Waals surface area contributed by atoms with E-state index in [1.807, 2.05) is 0 Å². The van der Waals surface area contributed by atoms with Crippen molar-refractivity contribution in [2.24, 2.45) is 0 Å². The topological polar surface area (TPSA) is 100 Å². The summed E-state index contributed by atoms with van der Waals surface area (Å²) in [6.07, 6.45) is 0. The maximum atomic E-state index is 13.4. The third-order valence-corrected chi connectivity index (χ3v) is 2.70. The van der Waals surface area contributed by atoms with E-state index >= 15 is 0 Å². The summed E-state index contributed by atoms with van der Waals surface area (Å²) >= 11 is 0. The van der Waals surface area contributed by atoms with Crippen LogP contribution in [0.3, 0.4) is 0 Å². The first-order chi connectivity index (χ1) is 9.02. The number of nitrogens with zero attached hydrogens (tertiary/aromatic N) is 2. The van der Waals surface area contributed by atoms with Crippen LogP contribution in [0.5, 0.6) is 0 Å². The van der Waals surface area contributed by atoms with E-state index in [2.05, 4.69) is 19.9 Å². The van der Waals surface area contributed by atoms with Crippen molar-refractivity contribution in [2.45, 2.75) is 6.92 Å². The molecule has 0 bridgehead atoms. The second-order valence-corrected chi connectivity index (χ2v) is 4.25. The lowest BCUT2D eigenvalue weighted by atomic mass is 10.1. The van der Waals surface area contributed by atoms with Crippen molar-refractivity contribution in [2.75, 3.05) is 5.73 Å². The molecule has 2 aromatic heterocycles. The van der Waals surface area contributed by atoms with Gasteiger partial charge in [0, 0.05) is 5.56 Å². The SMILES string of the molecule is Cc1cc(F)cc(-c2nc3nc(N)[nH]c(=O)c3[nH]2)c1. The first-order valence-electron chi connectivity index (χ1n) is 5.56. The average Bonchev–Trinajstić information content (AvgIpc) is 2.71. The predicted molar refractivity (Wildman–Crippen MR) is 69.1 cm³/mol. The summed E-state index contributed by atoms with van der Waals surface area (Å²) in [4.78, 5) is 24.9. The highest BCUT2D eigenvalue weighted by atomic mass is 19.1. The van der Waals surface area contributed by atoms with Crippen molar-refractivity contribution in [3.63, 3.8) is 0 Å². The number of H-pyrrole nitrogens is 2. The van der Waals surface area contributed by atoms with Crippen LogP contribution in [0.1, 0.15) is 5.56 Å². The lowest BCUT2D eigenvalue weighted by Crippen LogP contribution is -2.10. The molecule has 0 saturated heterocycles. The number of anilines is 1. The third kappa shape index (κ3) is 1.95. The standard InChI is InChI=1S/C12H10FN5O/c1-5-2-6(4-7(13)3-5)9-15-8-10(16-9)17-12(14)18-11(8)19/h2-4H,1H3,(H4,14,15,16,17,18,19). The van der Waals surface area contributed by atoms with Crippen molar-refractivity contribution in [3.8, 4) is 11.4 Å². The Morgan fingerprint density at radius 2 is 2.00 bits per heavy atom. The van der Waals surface area contributed by atoms with Gasteiger partial charge in [-0.25, -0.2) is 9.37 Å². The highest BCUT2D eigenvalue weighted by Crippen LogP contribution is 2.20. The molecule has 7 heteroatoms. The molecular formula is C12H10FN5O. The zero-order valence-electron chi connectivity index (χ0n) is 9.99. The van der Waals surface area contributed by atoms with E-state index in [0.29, 0.717) is 11.4 Å². The van der Waals surface area contributed by atoms with Gasteiger partial charge in [-0.3, -0.25) is 9.78 Å². The van der Waals surface area contributed by atoms with Crippen molar-refractivity contribution >= 4 is 17.1 Å². The highest BCUT2D eigenvalue weighted by Gasteiger charge is 2.11. The van der Waals surface area contributed by atoms with E-state index in [-0.39, 0.29) is 22.9 Å². The summed E-state index contributed by atoms with van der Waals surface area (Å²) in [6, 6.07) is 4.51. The molecule has 4 N–H and O–H groups in total. The Balaban J connectivity index is 2.26. The molecule has 96 valence electrons. The van der Waals surface area contributed by atoms with Crippen LogP contribution in [-0.4, -0.2) is 19.9 Å². The number of rotatable bonds is 1. The van der Waals surface area contributed by atoms with Gasteiger partial charge in [-0.15, -0.1) is 0 Å². The molecule has 0 amide bonds.